The number of nitrogens with one attached hydrogen (secondary N) is 1. The summed E-state index contributed by atoms with van der Waals surface area (Å²) < 4.78 is 13.5. The molecule has 0 atom stereocenters. The van der Waals surface area contributed by atoms with Crippen LogP contribution in [0.15, 0.2) is 24.3 Å². The minimum Gasteiger partial charge on any atom is -0.316 e. The molecule has 1 aliphatic carbocycles. The van der Waals surface area contributed by atoms with Gasteiger partial charge in [-0.25, -0.2) is 4.39 Å². The van der Waals surface area contributed by atoms with Crippen molar-refractivity contribution in [2.45, 2.75) is 25.1 Å². The average Bonchev–Trinajstić information content (AvgIpc) is 2.87. The van der Waals surface area contributed by atoms with Crippen LogP contribution in [0, 0.1) is 0 Å². The van der Waals surface area contributed by atoms with Crippen molar-refractivity contribution in [1.82, 2.24) is 5.32 Å². The summed E-state index contributed by atoms with van der Waals surface area (Å²) in [6.07, 6.45) is 1.39. The molecule has 1 aromatic carbocycles. The molecule has 0 amide bonds. The van der Waals surface area contributed by atoms with Gasteiger partial charge in [-0.1, -0.05) is 24.3 Å². The van der Waals surface area contributed by atoms with Crippen LogP contribution in [0.25, 0.3) is 0 Å². The summed E-state index contributed by atoms with van der Waals surface area (Å²) in [6, 6.07) is 7.79. The number of hydrogen-bond donors (Lipinski definition) is 1. The van der Waals surface area contributed by atoms with Crippen LogP contribution in [0.2, 0.25) is 0 Å². The van der Waals surface area contributed by atoms with E-state index in [-0.39, 0.29) is 0 Å². The second kappa shape index (κ2) is 3.11. The van der Waals surface area contributed by atoms with Gasteiger partial charge in [0.1, 0.15) is 5.67 Å². The lowest BCUT2D eigenvalue weighted by atomic mass is 10.1. The highest BCUT2D eigenvalue weighted by Gasteiger charge is 2.44. The summed E-state index contributed by atoms with van der Waals surface area (Å²) in [5, 5.41) is 3.06. The fourth-order valence-electron chi connectivity index (χ4n) is 1.52. The van der Waals surface area contributed by atoms with Gasteiger partial charge in [-0.3, -0.25) is 0 Å². The predicted molar refractivity (Wildman–Crippen MR) is 51.2 cm³/mol. The lowest BCUT2D eigenvalue weighted by Gasteiger charge is -2.06. The van der Waals surface area contributed by atoms with Crippen molar-refractivity contribution in [3.8, 4) is 0 Å². The number of benzene rings is 1. The van der Waals surface area contributed by atoms with Gasteiger partial charge in [0, 0.05) is 6.54 Å². The molecule has 2 rings (SSSR count). The van der Waals surface area contributed by atoms with Gasteiger partial charge in [-0.2, -0.15) is 0 Å². The minimum atomic E-state index is -0.988. The number of hydrogen-bond acceptors (Lipinski definition) is 1. The lowest BCUT2D eigenvalue weighted by Crippen LogP contribution is -2.05. The minimum absolute atomic E-state index is 0.693. The number of alkyl halides is 1. The van der Waals surface area contributed by atoms with Crippen molar-refractivity contribution in [3.05, 3.63) is 35.4 Å². The van der Waals surface area contributed by atoms with Gasteiger partial charge in [-0.05, 0) is 31.0 Å². The molecule has 1 saturated carbocycles. The van der Waals surface area contributed by atoms with E-state index in [2.05, 4.69) is 5.32 Å². The van der Waals surface area contributed by atoms with Crippen LogP contribution in [-0.4, -0.2) is 7.05 Å². The first-order valence-corrected chi connectivity index (χ1v) is 4.67. The first-order valence-electron chi connectivity index (χ1n) is 4.67. The molecule has 1 fully saturated rings. The third kappa shape index (κ3) is 1.73. The molecular formula is C11H14FN. The normalized spacial score (nSPS) is 18.6. The van der Waals surface area contributed by atoms with E-state index in [1.807, 2.05) is 31.3 Å². The summed E-state index contributed by atoms with van der Waals surface area (Å²) in [4.78, 5) is 0. The van der Waals surface area contributed by atoms with Gasteiger partial charge in [0.25, 0.3) is 0 Å². The number of rotatable bonds is 3. The van der Waals surface area contributed by atoms with Gasteiger partial charge < -0.3 is 5.32 Å². The molecule has 0 aliphatic heterocycles. The molecule has 2 heteroatoms. The van der Waals surface area contributed by atoms with Gasteiger partial charge >= 0.3 is 0 Å². The Morgan fingerprint density at radius 2 is 1.92 bits per heavy atom. The highest BCUT2D eigenvalue weighted by atomic mass is 19.1. The Morgan fingerprint density at radius 1 is 1.31 bits per heavy atom. The molecule has 0 bridgehead atoms. The Kier molecular flexibility index (Phi) is 2.08. The standard InChI is InChI=1S/C11H14FN/c1-13-8-9-2-4-10(5-3-9)11(12)6-7-11/h2-5,13H,6-8H2,1H3. The molecule has 0 saturated heterocycles. The second-order valence-corrected chi connectivity index (χ2v) is 3.69. The fourth-order valence-corrected chi connectivity index (χ4v) is 1.52. The van der Waals surface area contributed by atoms with Crippen LogP contribution in [-0.2, 0) is 12.2 Å². The fraction of sp³-hybridized carbons (Fsp3) is 0.455. The van der Waals surface area contributed by atoms with Crippen molar-refractivity contribution >= 4 is 0 Å². The molecule has 1 aromatic rings. The van der Waals surface area contributed by atoms with Gasteiger partial charge in [0.2, 0.25) is 0 Å². The van der Waals surface area contributed by atoms with Crippen LogP contribution < -0.4 is 5.32 Å². The van der Waals surface area contributed by atoms with Gasteiger partial charge in [0.05, 0.1) is 0 Å². The Labute approximate surface area is 78.0 Å². The maximum atomic E-state index is 13.5. The molecule has 1 aliphatic rings. The zero-order valence-electron chi connectivity index (χ0n) is 7.81. The van der Waals surface area contributed by atoms with Crippen molar-refractivity contribution in [3.63, 3.8) is 0 Å². The molecule has 1 N–H and O–H groups in total. The highest BCUT2D eigenvalue weighted by molar-refractivity contribution is 5.30. The molecule has 0 aromatic heterocycles. The Morgan fingerprint density at radius 3 is 2.38 bits per heavy atom. The van der Waals surface area contributed by atoms with Crippen LogP contribution in [0.1, 0.15) is 24.0 Å². The Hall–Kier alpha value is -0.890. The first kappa shape index (κ1) is 8.70. The van der Waals surface area contributed by atoms with E-state index in [1.54, 1.807) is 0 Å². The van der Waals surface area contributed by atoms with E-state index in [0.29, 0.717) is 12.8 Å². The van der Waals surface area contributed by atoms with E-state index < -0.39 is 5.67 Å². The summed E-state index contributed by atoms with van der Waals surface area (Å²) in [5.41, 5.74) is 1.06. The van der Waals surface area contributed by atoms with Crippen molar-refractivity contribution in [1.29, 1.82) is 0 Å². The van der Waals surface area contributed by atoms with Gasteiger partial charge in [0.15, 0.2) is 0 Å². The largest absolute Gasteiger partial charge is 0.316 e. The molecule has 1 nitrogen and oxygen atoms in total. The SMILES string of the molecule is CNCc1ccc(C2(F)CC2)cc1. The average molecular weight is 179 g/mol. The molecule has 0 heterocycles. The molecule has 0 radical (unpaired) electrons. The molecule has 0 unspecified atom stereocenters. The smallest absolute Gasteiger partial charge is 0.136 e. The van der Waals surface area contributed by atoms with Crippen LogP contribution in [0.3, 0.4) is 0 Å². The first-order chi connectivity index (χ1) is 6.24. The van der Waals surface area contributed by atoms with Crippen LogP contribution in [0.5, 0.6) is 0 Å². The van der Waals surface area contributed by atoms with E-state index >= 15 is 0 Å². The summed E-state index contributed by atoms with van der Waals surface area (Å²) in [7, 11) is 1.91. The van der Waals surface area contributed by atoms with E-state index in [4.69, 9.17) is 0 Å². The topological polar surface area (TPSA) is 12.0 Å². The molecule has 70 valence electrons. The van der Waals surface area contributed by atoms with Crippen molar-refractivity contribution in [2.24, 2.45) is 0 Å². The lowest BCUT2D eigenvalue weighted by molar-refractivity contribution is 0.317. The van der Waals surface area contributed by atoms with Crippen molar-refractivity contribution < 1.29 is 4.39 Å². The molecule has 13 heavy (non-hydrogen) atoms. The highest BCUT2D eigenvalue weighted by Crippen LogP contribution is 2.49. The number of halogens is 1. The van der Waals surface area contributed by atoms with Crippen LogP contribution in [0.4, 0.5) is 4.39 Å². The third-order valence-corrected chi connectivity index (χ3v) is 2.54. The molecule has 0 spiro atoms. The molecular weight excluding hydrogens is 165 g/mol. The predicted octanol–water partition coefficient (Wildman–Crippen LogP) is 2.36. The summed E-state index contributed by atoms with van der Waals surface area (Å²) in [5.74, 6) is 0. The van der Waals surface area contributed by atoms with Crippen LogP contribution >= 0.6 is 0 Å². The maximum Gasteiger partial charge on any atom is 0.136 e. The zero-order chi connectivity index (χ0) is 9.31. The van der Waals surface area contributed by atoms with E-state index in [1.165, 1.54) is 5.56 Å². The van der Waals surface area contributed by atoms with Gasteiger partial charge in [-0.15, -0.1) is 0 Å². The Bertz CT molecular complexity index is 287. The third-order valence-electron chi connectivity index (χ3n) is 2.54. The summed E-state index contributed by atoms with van der Waals surface area (Å²) >= 11 is 0. The summed E-state index contributed by atoms with van der Waals surface area (Å²) in [6.45, 7) is 0.847. The quantitative estimate of drug-likeness (QED) is 0.751. The zero-order valence-corrected chi connectivity index (χ0v) is 7.81. The van der Waals surface area contributed by atoms with E-state index in [0.717, 1.165) is 12.1 Å². The van der Waals surface area contributed by atoms with Crippen molar-refractivity contribution in [2.75, 3.05) is 7.05 Å². The maximum absolute atomic E-state index is 13.5. The van der Waals surface area contributed by atoms with E-state index in [9.17, 15) is 4.39 Å². The monoisotopic (exact) mass is 179 g/mol. The second-order valence-electron chi connectivity index (χ2n) is 3.69. The Balaban J connectivity index is 2.14.